The van der Waals surface area contributed by atoms with Gasteiger partial charge in [-0.15, -0.1) is 0 Å². The Kier molecular flexibility index (Phi) is 3.19. The Bertz CT molecular complexity index is 388. The Labute approximate surface area is 94.9 Å². The zero-order chi connectivity index (χ0) is 11.5. The van der Waals surface area contributed by atoms with E-state index >= 15 is 0 Å². The van der Waals surface area contributed by atoms with Crippen LogP contribution in [0.3, 0.4) is 0 Å². The molecule has 0 aliphatic heterocycles. The Morgan fingerprint density at radius 1 is 1.56 bits per heavy atom. The molecule has 0 bridgehead atoms. The third kappa shape index (κ3) is 3.03. The predicted molar refractivity (Wildman–Crippen MR) is 60.0 cm³/mol. The van der Waals surface area contributed by atoms with E-state index in [2.05, 4.69) is 4.98 Å². The Morgan fingerprint density at radius 3 is 2.88 bits per heavy atom. The molecule has 2 rings (SSSR count). The van der Waals surface area contributed by atoms with Crippen molar-refractivity contribution in [3.63, 3.8) is 0 Å². The first kappa shape index (κ1) is 11.1. The zero-order valence-corrected chi connectivity index (χ0v) is 9.39. The minimum atomic E-state index is -0.764. The molecule has 0 unspecified atom stereocenters. The van der Waals surface area contributed by atoms with Crippen LogP contribution in [-0.2, 0) is 11.3 Å². The van der Waals surface area contributed by atoms with E-state index in [0.29, 0.717) is 12.6 Å². The van der Waals surface area contributed by atoms with Gasteiger partial charge < -0.3 is 5.11 Å². The van der Waals surface area contributed by atoms with Gasteiger partial charge in [-0.25, -0.2) is 0 Å². The van der Waals surface area contributed by atoms with Crippen molar-refractivity contribution in [2.75, 3.05) is 6.54 Å². The van der Waals surface area contributed by atoms with Crippen molar-refractivity contribution in [3.8, 4) is 0 Å². The number of carboxylic acids is 1. The van der Waals surface area contributed by atoms with Crippen LogP contribution in [0.4, 0.5) is 0 Å². The Morgan fingerprint density at radius 2 is 2.31 bits per heavy atom. The van der Waals surface area contributed by atoms with Crippen molar-refractivity contribution >= 4 is 5.97 Å². The SMILES string of the molecule is Cc1cccc(CN(CC(=O)O)C2CC2)n1. The number of carbonyl (C=O) groups is 1. The monoisotopic (exact) mass is 220 g/mol. The lowest BCUT2D eigenvalue weighted by molar-refractivity contribution is -0.138. The molecular formula is C12H16N2O2. The molecule has 0 atom stereocenters. The normalized spacial score (nSPS) is 15.4. The van der Waals surface area contributed by atoms with Gasteiger partial charge in [0.15, 0.2) is 0 Å². The van der Waals surface area contributed by atoms with E-state index in [0.717, 1.165) is 24.2 Å². The third-order valence-electron chi connectivity index (χ3n) is 2.71. The average molecular weight is 220 g/mol. The number of nitrogens with zero attached hydrogens (tertiary/aromatic N) is 2. The molecule has 0 aromatic carbocycles. The first-order valence-electron chi connectivity index (χ1n) is 5.53. The smallest absolute Gasteiger partial charge is 0.317 e. The molecule has 0 amide bonds. The zero-order valence-electron chi connectivity index (χ0n) is 9.39. The van der Waals surface area contributed by atoms with Gasteiger partial charge in [0.2, 0.25) is 0 Å². The number of aromatic nitrogens is 1. The Hall–Kier alpha value is -1.42. The molecular weight excluding hydrogens is 204 g/mol. The van der Waals surface area contributed by atoms with Gasteiger partial charge in [0, 0.05) is 18.3 Å². The molecule has 0 radical (unpaired) electrons. The minimum absolute atomic E-state index is 0.111. The predicted octanol–water partition coefficient (Wildman–Crippen LogP) is 1.44. The summed E-state index contributed by atoms with van der Waals surface area (Å²) in [4.78, 5) is 17.1. The van der Waals surface area contributed by atoms with E-state index in [-0.39, 0.29) is 6.54 Å². The van der Waals surface area contributed by atoms with Crippen LogP contribution < -0.4 is 0 Å². The first-order valence-corrected chi connectivity index (χ1v) is 5.53. The molecule has 1 N–H and O–H groups in total. The molecule has 1 saturated carbocycles. The average Bonchev–Trinajstić information content (AvgIpc) is 2.99. The van der Waals surface area contributed by atoms with Crippen molar-refractivity contribution < 1.29 is 9.90 Å². The summed E-state index contributed by atoms with van der Waals surface area (Å²) in [7, 11) is 0. The lowest BCUT2D eigenvalue weighted by Gasteiger charge is -2.19. The maximum Gasteiger partial charge on any atom is 0.317 e. The summed E-state index contributed by atoms with van der Waals surface area (Å²) >= 11 is 0. The van der Waals surface area contributed by atoms with Crippen LogP contribution in [0.5, 0.6) is 0 Å². The maximum atomic E-state index is 10.7. The fourth-order valence-electron chi connectivity index (χ4n) is 1.82. The van der Waals surface area contributed by atoms with Gasteiger partial charge >= 0.3 is 5.97 Å². The summed E-state index contributed by atoms with van der Waals surface area (Å²) in [5.41, 5.74) is 1.93. The standard InChI is InChI=1S/C12H16N2O2/c1-9-3-2-4-10(13-9)7-14(8-12(15)16)11-5-6-11/h2-4,11H,5-8H2,1H3,(H,15,16). The van der Waals surface area contributed by atoms with Crippen molar-refractivity contribution in [1.29, 1.82) is 0 Å². The first-order chi connectivity index (χ1) is 7.65. The highest BCUT2D eigenvalue weighted by Gasteiger charge is 2.30. The van der Waals surface area contributed by atoms with Crippen LogP contribution in [0.25, 0.3) is 0 Å². The number of aliphatic carboxylic acids is 1. The molecule has 1 aliphatic rings. The third-order valence-corrected chi connectivity index (χ3v) is 2.71. The molecule has 0 spiro atoms. The van der Waals surface area contributed by atoms with Gasteiger partial charge in [-0.3, -0.25) is 14.7 Å². The van der Waals surface area contributed by atoms with Gasteiger partial charge in [-0.1, -0.05) is 6.07 Å². The molecule has 1 aliphatic carbocycles. The molecule has 16 heavy (non-hydrogen) atoms. The molecule has 0 saturated heterocycles. The van der Waals surface area contributed by atoms with E-state index in [1.54, 1.807) is 0 Å². The summed E-state index contributed by atoms with van der Waals surface area (Å²) < 4.78 is 0. The number of carboxylic acid groups (broad SMARTS) is 1. The van der Waals surface area contributed by atoms with Crippen LogP contribution in [-0.4, -0.2) is 33.5 Å². The number of aryl methyl sites for hydroxylation is 1. The van der Waals surface area contributed by atoms with E-state index < -0.39 is 5.97 Å². The molecule has 4 heteroatoms. The molecule has 1 aromatic heterocycles. The summed E-state index contributed by atoms with van der Waals surface area (Å²) in [5, 5.41) is 8.83. The van der Waals surface area contributed by atoms with Crippen LogP contribution in [0.1, 0.15) is 24.2 Å². The van der Waals surface area contributed by atoms with Gasteiger partial charge in [0.05, 0.1) is 12.2 Å². The summed E-state index contributed by atoms with van der Waals surface area (Å²) in [6, 6.07) is 6.30. The highest BCUT2D eigenvalue weighted by Crippen LogP contribution is 2.27. The van der Waals surface area contributed by atoms with Crippen LogP contribution >= 0.6 is 0 Å². The van der Waals surface area contributed by atoms with Gasteiger partial charge in [-0.2, -0.15) is 0 Å². The van der Waals surface area contributed by atoms with E-state index in [4.69, 9.17) is 5.11 Å². The summed E-state index contributed by atoms with van der Waals surface area (Å²) in [6.45, 7) is 2.70. The number of hydrogen-bond acceptors (Lipinski definition) is 3. The van der Waals surface area contributed by atoms with Crippen molar-refractivity contribution in [2.45, 2.75) is 32.4 Å². The second-order valence-electron chi connectivity index (χ2n) is 4.30. The molecule has 86 valence electrons. The number of hydrogen-bond donors (Lipinski definition) is 1. The lowest BCUT2D eigenvalue weighted by atomic mass is 10.3. The topological polar surface area (TPSA) is 53.4 Å². The number of rotatable bonds is 5. The summed E-state index contributed by atoms with van der Waals surface area (Å²) in [5.74, 6) is -0.764. The minimum Gasteiger partial charge on any atom is -0.480 e. The fourth-order valence-corrected chi connectivity index (χ4v) is 1.82. The van der Waals surface area contributed by atoms with Crippen LogP contribution in [0, 0.1) is 6.92 Å². The van der Waals surface area contributed by atoms with Crippen LogP contribution in [0.2, 0.25) is 0 Å². The van der Waals surface area contributed by atoms with Gasteiger partial charge in [0.25, 0.3) is 0 Å². The molecule has 1 fully saturated rings. The number of pyridine rings is 1. The van der Waals surface area contributed by atoms with Crippen molar-refractivity contribution in [1.82, 2.24) is 9.88 Å². The van der Waals surface area contributed by atoms with Crippen LogP contribution in [0.15, 0.2) is 18.2 Å². The summed E-state index contributed by atoms with van der Waals surface area (Å²) in [6.07, 6.45) is 2.22. The van der Waals surface area contributed by atoms with Crippen molar-refractivity contribution in [3.05, 3.63) is 29.6 Å². The van der Waals surface area contributed by atoms with E-state index in [9.17, 15) is 4.79 Å². The highest BCUT2D eigenvalue weighted by atomic mass is 16.4. The van der Waals surface area contributed by atoms with E-state index in [1.807, 2.05) is 30.0 Å². The molecule has 4 nitrogen and oxygen atoms in total. The fraction of sp³-hybridized carbons (Fsp3) is 0.500. The largest absolute Gasteiger partial charge is 0.480 e. The van der Waals surface area contributed by atoms with E-state index in [1.165, 1.54) is 0 Å². The maximum absolute atomic E-state index is 10.7. The molecule has 1 aromatic rings. The highest BCUT2D eigenvalue weighted by molar-refractivity contribution is 5.69. The second kappa shape index (κ2) is 4.61. The quantitative estimate of drug-likeness (QED) is 0.815. The van der Waals surface area contributed by atoms with Gasteiger partial charge in [-0.05, 0) is 31.9 Å². The lowest BCUT2D eigenvalue weighted by Crippen LogP contribution is -2.31. The second-order valence-corrected chi connectivity index (χ2v) is 4.30. The van der Waals surface area contributed by atoms with Gasteiger partial charge in [0.1, 0.15) is 0 Å². The molecule has 1 heterocycles. The van der Waals surface area contributed by atoms with Crippen molar-refractivity contribution in [2.24, 2.45) is 0 Å². The Balaban J connectivity index is 2.02.